The van der Waals surface area contributed by atoms with Crippen molar-refractivity contribution in [3.8, 4) is 5.95 Å². The van der Waals surface area contributed by atoms with E-state index in [1.54, 1.807) is 46.2 Å². The topological polar surface area (TPSA) is 76.8 Å². The van der Waals surface area contributed by atoms with Crippen LogP contribution in [0.15, 0.2) is 43.0 Å². The first kappa shape index (κ1) is 18.8. The summed E-state index contributed by atoms with van der Waals surface area (Å²) < 4.78 is 1.55. The molecule has 7 nitrogen and oxygen atoms in total. The zero-order chi connectivity index (χ0) is 19.7. The quantitative estimate of drug-likeness (QED) is 0.607. The van der Waals surface area contributed by atoms with Crippen LogP contribution in [0.5, 0.6) is 0 Å². The number of hydrogen-bond acceptors (Lipinski definition) is 5. The first-order chi connectivity index (χ1) is 13.6. The molecule has 144 valence electrons. The largest absolute Gasteiger partial charge is 0.328 e. The molecule has 0 N–H and O–H groups in total. The lowest BCUT2D eigenvalue weighted by atomic mass is 10.1. The fraction of sp³-hybridized carbons (Fsp3) is 0.316. The molecule has 0 bridgehead atoms. The van der Waals surface area contributed by atoms with Crippen molar-refractivity contribution in [3.05, 3.63) is 64.4 Å². The van der Waals surface area contributed by atoms with E-state index in [4.69, 9.17) is 23.2 Å². The van der Waals surface area contributed by atoms with Gasteiger partial charge in [-0.2, -0.15) is 9.78 Å². The maximum Gasteiger partial charge on any atom is 0.256 e. The lowest BCUT2D eigenvalue weighted by Gasteiger charge is -2.29. The van der Waals surface area contributed by atoms with Crippen LogP contribution in [0.25, 0.3) is 5.95 Å². The van der Waals surface area contributed by atoms with Gasteiger partial charge in [0.25, 0.3) is 11.9 Å². The van der Waals surface area contributed by atoms with E-state index in [2.05, 4.69) is 20.1 Å². The molecule has 1 unspecified atom stereocenters. The molecule has 3 aromatic rings. The highest BCUT2D eigenvalue weighted by Gasteiger charge is 2.33. The van der Waals surface area contributed by atoms with Gasteiger partial charge in [-0.15, -0.1) is 0 Å². The average Bonchev–Trinajstić information content (AvgIpc) is 3.40. The standard InChI is InChI=1S/C19H18Cl2N6O/c1-12(17-24-11-25-27(17)19-22-8-3-9-23-19)26(10-13-6-7-13)18(28)14-4-2-5-15(20)16(14)21/h2-5,8-9,11-13H,6-7,10H2,1H3. The molecule has 2 aromatic heterocycles. The molecule has 0 spiro atoms. The molecular formula is C19H18Cl2N6O. The van der Waals surface area contributed by atoms with Crippen LogP contribution in [0.1, 0.15) is 42.0 Å². The number of hydrogen-bond donors (Lipinski definition) is 0. The molecule has 9 heteroatoms. The molecule has 28 heavy (non-hydrogen) atoms. The lowest BCUT2D eigenvalue weighted by molar-refractivity contribution is 0.0671. The third kappa shape index (κ3) is 3.72. The first-order valence-corrected chi connectivity index (χ1v) is 9.74. The van der Waals surface area contributed by atoms with Gasteiger partial charge in [0.05, 0.1) is 21.7 Å². The van der Waals surface area contributed by atoms with Crippen LogP contribution in [0.4, 0.5) is 0 Å². The van der Waals surface area contributed by atoms with Crippen LogP contribution in [0.2, 0.25) is 10.0 Å². The van der Waals surface area contributed by atoms with Gasteiger partial charge in [-0.05, 0) is 43.9 Å². The Balaban J connectivity index is 1.70. The average molecular weight is 417 g/mol. The van der Waals surface area contributed by atoms with Crippen molar-refractivity contribution in [1.29, 1.82) is 0 Å². The number of amides is 1. The number of carbonyl (C=O) groups excluding carboxylic acids is 1. The molecular weight excluding hydrogens is 399 g/mol. The van der Waals surface area contributed by atoms with Crippen molar-refractivity contribution < 1.29 is 4.79 Å². The fourth-order valence-electron chi connectivity index (χ4n) is 3.05. The summed E-state index contributed by atoms with van der Waals surface area (Å²) in [6.07, 6.45) is 6.92. The van der Waals surface area contributed by atoms with Gasteiger partial charge in [-0.25, -0.2) is 15.0 Å². The minimum atomic E-state index is -0.352. The highest BCUT2D eigenvalue weighted by molar-refractivity contribution is 6.43. The van der Waals surface area contributed by atoms with E-state index < -0.39 is 0 Å². The third-order valence-electron chi connectivity index (χ3n) is 4.75. The number of carbonyl (C=O) groups is 1. The summed E-state index contributed by atoms with van der Waals surface area (Å²) in [6.45, 7) is 2.54. The van der Waals surface area contributed by atoms with E-state index in [1.165, 1.54) is 6.33 Å². The Morgan fingerprint density at radius 2 is 1.96 bits per heavy atom. The molecule has 0 saturated heterocycles. The van der Waals surface area contributed by atoms with Crippen LogP contribution >= 0.6 is 23.2 Å². The molecule has 1 amide bonds. The first-order valence-electron chi connectivity index (χ1n) is 8.98. The molecule has 1 saturated carbocycles. The fourth-order valence-corrected chi connectivity index (χ4v) is 3.43. The summed E-state index contributed by atoms with van der Waals surface area (Å²) >= 11 is 12.4. The van der Waals surface area contributed by atoms with Crippen molar-refractivity contribution >= 4 is 29.1 Å². The van der Waals surface area contributed by atoms with E-state index in [-0.39, 0.29) is 17.0 Å². The van der Waals surface area contributed by atoms with Gasteiger partial charge in [0.2, 0.25) is 0 Å². The Bertz CT molecular complexity index is 989. The zero-order valence-corrected chi connectivity index (χ0v) is 16.7. The summed E-state index contributed by atoms with van der Waals surface area (Å²) in [5.74, 6) is 1.28. The second kappa shape index (κ2) is 7.85. The van der Waals surface area contributed by atoms with Gasteiger partial charge in [0, 0.05) is 18.9 Å². The Labute approximate surface area is 172 Å². The van der Waals surface area contributed by atoms with E-state index in [0.29, 0.717) is 34.8 Å². The number of benzene rings is 1. The summed E-state index contributed by atoms with van der Waals surface area (Å²) in [6, 6.07) is 6.46. The van der Waals surface area contributed by atoms with Gasteiger partial charge in [-0.1, -0.05) is 29.3 Å². The second-order valence-corrected chi connectivity index (χ2v) is 7.54. The summed E-state index contributed by atoms with van der Waals surface area (Å²) in [7, 11) is 0. The SMILES string of the molecule is CC(c1ncnn1-c1ncccn1)N(CC1CC1)C(=O)c1cccc(Cl)c1Cl. The number of rotatable bonds is 6. The molecule has 1 aromatic carbocycles. The highest BCUT2D eigenvalue weighted by Crippen LogP contribution is 2.35. The van der Waals surface area contributed by atoms with Crippen LogP contribution < -0.4 is 0 Å². The molecule has 1 atom stereocenters. The van der Waals surface area contributed by atoms with Gasteiger partial charge in [-0.3, -0.25) is 4.79 Å². The lowest BCUT2D eigenvalue weighted by Crippen LogP contribution is -2.37. The summed E-state index contributed by atoms with van der Waals surface area (Å²) in [5.41, 5.74) is 0.378. The molecule has 0 radical (unpaired) electrons. The van der Waals surface area contributed by atoms with Crippen LogP contribution in [0.3, 0.4) is 0 Å². The van der Waals surface area contributed by atoms with E-state index in [9.17, 15) is 4.79 Å². The van der Waals surface area contributed by atoms with Crippen molar-refractivity contribution in [2.24, 2.45) is 5.92 Å². The van der Waals surface area contributed by atoms with Crippen molar-refractivity contribution in [2.75, 3.05) is 6.54 Å². The van der Waals surface area contributed by atoms with Crippen LogP contribution in [-0.2, 0) is 0 Å². The van der Waals surface area contributed by atoms with E-state index in [1.807, 2.05) is 6.92 Å². The maximum atomic E-state index is 13.4. The predicted molar refractivity (Wildman–Crippen MR) is 106 cm³/mol. The summed E-state index contributed by atoms with van der Waals surface area (Å²) in [4.78, 5) is 28.0. The number of nitrogens with zero attached hydrogens (tertiary/aromatic N) is 6. The minimum absolute atomic E-state index is 0.185. The third-order valence-corrected chi connectivity index (χ3v) is 5.57. The Kier molecular flexibility index (Phi) is 5.28. The summed E-state index contributed by atoms with van der Waals surface area (Å²) in [5, 5.41) is 4.86. The molecule has 1 aliphatic carbocycles. The highest BCUT2D eigenvalue weighted by atomic mass is 35.5. The zero-order valence-electron chi connectivity index (χ0n) is 15.2. The van der Waals surface area contributed by atoms with Gasteiger partial charge < -0.3 is 4.90 Å². The molecule has 2 heterocycles. The number of halogens is 2. The van der Waals surface area contributed by atoms with Crippen molar-refractivity contribution in [2.45, 2.75) is 25.8 Å². The predicted octanol–water partition coefficient (Wildman–Crippen LogP) is 3.98. The molecule has 1 fully saturated rings. The van der Waals surface area contributed by atoms with E-state index in [0.717, 1.165) is 12.8 Å². The molecule has 1 aliphatic rings. The van der Waals surface area contributed by atoms with E-state index >= 15 is 0 Å². The monoisotopic (exact) mass is 416 g/mol. The Morgan fingerprint density at radius 1 is 1.21 bits per heavy atom. The van der Waals surface area contributed by atoms with Gasteiger partial charge in [0.1, 0.15) is 6.33 Å². The maximum absolute atomic E-state index is 13.4. The van der Waals surface area contributed by atoms with Gasteiger partial charge >= 0.3 is 0 Å². The van der Waals surface area contributed by atoms with Crippen LogP contribution in [-0.4, -0.2) is 42.1 Å². The minimum Gasteiger partial charge on any atom is -0.328 e. The Morgan fingerprint density at radius 3 is 2.68 bits per heavy atom. The second-order valence-electron chi connectivity index (χ2n) is 6.76. The molecule has 0 aliphatic heterocycles. The smallest absolute Gasteiger partial charge is 0.256 e. The molecule has 4 rings (SSSR count). The normalized spacial score (nSPS) is 14.7. The van der Waals surface area contributed by atoms with Crippen LogP contribution in [0, 0.1) is 5.92 Å². The van der Waals surface area contributed by atoms with Crippen molar-refractivity contribution in [1.82, 2.24) is 29.6 Å². The van der Waals surface area contributed by atoms with Gasteiger partial charge in [0.15, 0.2) is 5.82 Å². The Hall–Kier alpha value is -2.51. The van der Waals surface area contributed by atoms with Crippen molar-refractivity contribution in [3.63, 3.8) is 0 Å². The number of aromatic nitrogens is 5.